The first-order valence-electron chi connectivity index (χ1n) is 6.98. The van der Waals surface area contributed by atoms with Crippen LogP contribution in [0.2, 0.25) is 0 Å². The smallest absolute Gasteiger partial charge is 0.220 e. The maximum absolute atomic E-state index is 11.6. The lowest BCUT2D eigenvalue weighted by atomic mass is 9.97. The summed E-state index contributed by atoms with van der Waals surface area (Å²) in [6.45, 7) is 9.67. The van der Waals surface area contributed by atoms with Gasteiger partial charge in [0.1, 0.15) is 0 Å². The maximum Gasteiger partial charge on any atom is 0.220 e. The van der Waals surface area contributed by atoms with E-state index in [1.807, 2.05) is 6.92 Å². The molecule has 1 aromatic rings. The Balaban J connectivity index is 2.46. The highest BCUT2D eigenvalue weighted by atomic mass is 16.1. The molecule has 3 heteroatoms. The van der Waals surface area contributed by atoms with Crippen molar-refractivity contribution in [2.45, 2.75) is 40.5 Å². The molecule has 0 heterocycles. The molecule has 19 heavy (non-hydrogen) atoms. The fourth-order valence-corrected chi connectivity index (χ4v) is 2.09. The quantitative estimate of drug-likeness (QED) is 0.826. The average Bonchev–Trinajstić information content (AvgIpc) is 2.38. The Labute approximate surface area is 116 Å². The highest BCUT2D eigenvalue weighted by molar-refractivity contribution is 5.76. The van der Waals surface area contributed by atoms with Gasteiger partial charge in [-0.05, 0) is 61.9 Å². The van der Waals surface area contributed by atoms with Gasteiger partial charge in [0, 0.05) is 13.0 Å². The van der Waals surface area contributed by atoms with Crippen LogP contribution in [0.25, 0.3) is 0 Å². The second-order valence-electron chi connectivity index (χ2n) is 5.44. The summed E-state index contributed by atoms with van der Waals surface area (Å²) in [4.78, 5) is 11.6. The van der Waals surface area contributed by atoms with Gasteiger partial charge >= 0.3 is 0 Å². The fraction of sp³-hybridized carbons (Fsp3) is 0.562. The summed E-state index contributed by atoms with van der Waals surface area (Å²) >= 11 is 0. The van der Waals surface area contributed by atoms with E-state index in [-0.39, 0.29) is 11.8 Å². The van der Waals surface area contributed by atoms with Crippen molar-refractivity contribution in [1.29, 1.82) is 0 Å². The maximum atomic E-state index is 11.6. The predicted molar refractivity (Wildman–Crippen MR) is 80.2 cm³/mol. The topological polar surface area (TPSA) is 55.1 Å². The van der Waals surface area contributed by atoms with E-state index in [0.717, 1.165) is 6.42 Å². The summed E-state index contributed by atoms with van der Waals surface area (Å²) in [5.74, 6) is 0.350. The van der Waals surface area contributed by atoms with Crippen LogP contribution in [0.4, 0.5) is 0 Å². The van der Waals surface area contributed by atoms with Crippen molar-refractivity contribution in [1.82, 2.24) is 5.32 Å². The zero-order valence-corrected chi connectivity index (χ0v) is 12.5. The molecule has 3 N–H and O–H groups in total. The summed E-state index contributed by atoms with van der Waals surface area (Å²) in [5, 5.41) is 2.96. The number of carbonyl (C=O) groups excluding carboxylic acids is 1. The molecule has 0 radical (unpaired) electrons. The molecule has 0 bridgehead atoms. The Morgan fingerprint density at radius 1 is 1.26 bits per heavy atom. The molecule has 1 aromatic carbocycles. The lowest BCUT2D eigenvalue weighted by Gasteiger charge is -2.12. The minimum Gasteiger partial charge on any atom is -0.356 e. The number of hydrogen-bond donors (Lipinski definition) is 2. The highest BCUT2D eigenvalue weighted by Crippen LogP contribution is 2.17. The van der Waals surface area contributed by atoms with Gasteiger partial charge in [-0.3, -0.25) is 4.79 Å². The van der Waals surface area contributed by atoms with Gasteiger partial charge in [0.25, 0.3) is 0 Å². The molecule has 0 saturated heterocycles. The van der Waals surface area contributed by atoms with Gasteiger partial charge < -0.3 is 11.1 Å². The number of rotatable bonds is 6. The van der Waals surface area contributed by atoms with Crippen LogP contribution in [0.5, 0.6) is 0 Å². The van der Waals surface area contributed by atoms with Crippen LogP contribution in [0, 0.1) is 26.7 Å². The molecule has 0 aliphatic carbocycles. The molecular formula is C16H26N2O. The van der Waals surface area contributed by atoms with E-state index < -0.39 is 0 Å². The molecule has 1 rings (SSSR count). The van der Waals surface area contributed by atoms with Crippen molar-refractivity contribution in [3.8, 4) is 0 Å². The summed E-state index contributed by atoms with van der Waals surface area (Å²) in [6, 6.07) is 4.31. The van der Waals surface area contributed by atoms with E-state index in [4.69, 9.17) is 5.73 Å². The van der Waals surface area contributed by atoms with Gasteiger partial charge in [0.2, 0.25) is 5.91 Å². The Morgan fingerprint density at radius 3 is 2.58 bits per heavy atom. The van der Waals surface area contributed by atoms with Crippen molar-refractivity contribution < 1.29 is 4.79 Å². The molecular weight excluding hydrogens is 236 g/mol. The molecule has 0 aliphatic rings. The number of nitrogens with one attached hydrogen (secondary N) is 1. The molecule has 0 spiro atoms. The van der Waals surface area contributed by atoms with E-state index in [9.17, 15) is 4.79 Å². The van der Waals surface area contributed by atoms with Crippen LogP contribution in [0.1, 0.15) is 35.6 Å². The number of nitrogens with two attached hydrogens (primary N) is 1. The Bertz CT molecular complexity index is 441. The molecule has 1 amide bonds. The highest BCUT2D eigenvalue weighted by Gasteiger charge is 2.08. The van der Waals surface area contributed by atoms with Gasteiger partial charge in [-0.25, -0.2) is 0 Å². The van der Waals surface area contributed by atoms with Gasteiger partial charge in [-0.15, -0.1) is 0 Å². The first kappa shape index (κ1) is 15.7. The number of carbonyl (C=O) groups is 1. The predicted octanol–water partition coefficient (Wildman–Crippen LogP) is 2.26. The van der Waals surface area contributed by atoms with Gasteiger partial charge in [-0.2, -0.15) is 0 Å². The second kappa shape index (κ2) is 7.29. The molecule has 0 saturated carbocycles. The van der Waals surface area contributed by atoms with Gasteiger partial charge in [0.05, 0.1) is 0 Å². The summed E-state index contributed by atoms with van der Waals surface area (Å²) in [6.07, 6.45) is 1.40. The lowest BCUT2D eigenvalue weighted by molar-refractivity contribution is -0.121. The zero-order chi connectivity index (χ0) is 14.4. The third-order valence-electron chi connectivity index (χ3n) is 3.82. The zero-order valence-electron chi connectivity index (χ0n) is 12.5. The SMILES string of the molecule is Cc1ccc(CCNC(=O)CC(C)CN)c(C)c1C. The fourth-order valence-electron chi connectivity index (χ4n) is 2.09. The van der Waals surface area contributed by atoms with Crippen LogP contribution in [-0.4, -0.2) is 19.0 Å². The van der Waals surface area contributed by atoms with Crippen LogP contribution < -0.4 is 11.1 Å². The molecule has 106 valence electrons. The van der Waals surface area contributed by atoms with Crippen LogP contribution in [0.3, 0.4) is 0 Å². The largest absolute Gasteiger partial charge is 0.356 e. The van der Waals surface area contributed by atoms with Gasteiger partial charge in [-0.1, -0.05) is 19.1 Å². The standard InChI is InChI=1S/C16H26N2O/c1-11(10-17)9-16(19)18-8-7-15-6-5-12(2)13(3)14(15)4/h5-6,11H,7-10,17H2,1-4H3,(H,18,19). The first-order valence-corrected chi connectivity index (χ1v) is 6.98. The second-order valence-corrected chi connectivity index (χ2v) is 5.44. The van der Waals surface area contributed by atoms with Crippen molar-refractivity contribution in [2.75, 3.05) is 13.1 Å². The van der Waals surface area contributed by atoms with Crippen molar-refractivity contribution >= 4 is 5.91 Å². The number of amides is 1. The summed E-state index contributed by atoms with van der Waals surface area (Å²) in [7, 11) is 0. The molecule has 3 nitrogen and oxygen atoms in total. The van der Waals surface area contributed by atoms with E-state index in [2.05, 4.69) is 38.2 Å². The number of aryl methyl sites for hydroxylation is 1. The first-order chi connectivity index (χ1) is 8.95. The van der Waals surface area contributed by atoms with E-state index in [1.165, 1.54) is 22.3 Å². The van der Waals surface area contributed by atoms with Crippen molar-refractivity contribution in [3.63, 3.8) is 0 Å². The lowest BCUT2D eigenvalue weighted by Crippen LogP contribution is -2.28. The van der Waals surface area contributed by atoms with E-state index in [0.29, 0.717) is 19.5 Å². The molecule has 1 unspecified atom stereocenters. The number of benzene rings is 1. The van der Waals surface area contributed by atoms with Crippen LogP contribution >= 0.6 is 0 Å². The number of hydrogen-bond acceptors (Lipinski definition) is 2. The monoisotopic (exact) mass is 262 g/mol. The van der Waals surface area contributed by atoms with Crippen molar-refractivity contribution in [2.24, 2.45) is 11.7 Å². The van der Waals surface area contributed by atoms with Crippen LogP contribution in [0.15, 0.2) is 12.1 Å². The minimum atomic E-state index is 0.0967. The van der Waals surface area contributed by atoms with Gasteiger partial charge in [0.15, 0.2) is 0 Å². The Kier molecular flexibility index (Phi) is 6.03. The molecule has 0 fully saturated rings. The summed E-state index contributed by atoms with van der Waals surface area (Å²) < 4.78 is 0. The Morgan fingerprint density at radius 2 is 1.95 bits per heavy atom. The van der Waals surface area contributed by atoms with E-state index in [1.54, 1.807) is 0 Å². The molecule has 0 aliphatic heterocycles. The Hall–Kier alpha value is -1.35. The third-order valence-corrected chi connectivity index (χ3v) is 3.82. The summed E-state index contributed by atoms with van der Waals surface area (Å²) in [5.41, 5.74) is 10.8. The molecule has 0 aromatic heterocycles. The average molecular weight is 262 g/mol. The minimum absolute atomic E-state index is 0.0967. The third kappa shape index (κ3) is 4.67. The van der Waals surface area contributed by atoms with Crippen LogP contribution in [-0.2, 0) is 11.2 Å². The van der Waals surface area contributed by atoms with E-state index >= 15 is 0 Å². The molecule has 1 atom stereocenters. The normalized spacial score (nSPS) is 12.3. The van der Waals surface area contributed by atoms with Crippen molar-refractivity contribution in [3.05, 3.63) is 34.4 Å².